The normalized spacial score (nSPS) is 24.8. The maximum atomic E-state index is 11.2. The van der Waals surface area contributed by atoms with Crippen LogP contribution in [-0.2, 0) is 22.5 Å². The first-order valence-corrected chi connectivity index (χ1v) is 10.9. The number of ether oxygens (including phenoxy) is 1. The molecular weight excluding hydrogens is 398 g/mol. The Bertz CT molecular complexity index is 873. The Balaban J connectivity index is 1.60. The summed E-state index contributed by atoms with van der Waals surface area (Å²) in [6.07, 6.45) is 4.17. The van der Waals surface area contributed by atoms with Gasteiger partial charge in [0.2, 0.25) is 5.95 Å². The predicted octanol–water partition coefficient (Wildman–Crippen LogP) is 0.0783. The quantitative estimate of drug-likeness (QED) is 0.502. The highest BCUT2D eigenvalue weighted by molar-refractivity contribution is 7.76. The molecule has 4 heterocycles. The molecule has 0 amide bonds. The third kappa shape index (κ3) is 4.36. The van der Waals surface area contributed by atoms with Gasteiger partial charge in [-0.05, 0) is 26.2 Å². The minimum Gasteiger partial charge on any atom is -0.760 e. The number of nitrogens with zero attached hydrogens (tertiary/aromatic N) is 5. The Morgan fingerprint density at radius 1 is 1.45 bits per heavy atom. The van der Waals surface area contributed by atoms with Crippen LogP contribution in [-0.4, -0.2) is 82.2 Å². The lowest BCUT2D eigenvalue weighted by Crippen LogP contribution is -2.37. The van der Waals surface area contributed by atoms with E-state index in [9.17, 15) is 13.9 Å². The number of imidazole rings is 1. The van der Waals surface area contributed by atoms with E-state index >= 15 is 0 Å². The first-order valence-electron chi connectivity index (χ1n) is 9.91. The van der Waals surface area contributed by atoms with Crippen molar-refractivity contribution in [3.63, 3.8) is 0 Å². The third-order valence-electron chi connectivity index (χ3n) is 5.43. The number of aliphatic hydroxyl groups is 1. The molecule has 2 aliphatic rings. The van der Waals surface area contributed by atoms with Crippen LogP contribution < -0.4 is 10.6 Å². The largest absolute Gasteiger partial charge is 0.760 e. The van der Waals surface area contributed by atoms with Crippen molar-refractivity contribution in [1.82, 2.24) is 23.8 Å². The number of nitrogens with one attached hydrogen (secondary N) is 2. The minimum atomic E-state index is -2.22. The van der Waals surface area contributed by atoms with E-state index in [1.807, 2.05) is 11.5 Å². The van der Waals surface area contributed by atoms with Gasteiger partial charge in [0, 0.05) is 43.5 Å². The first kappa shape index (κ1) is 20.4. The first-order chi connectivity index (χ1) is 14.1. The van der Waals surface area contributed by atoms with Gasteiger partial charge in [-0.2, -0.15) is 9.97 Å². The second kappa shape index (κ2) is 8.88. The summed E-state index contributed by atoms with van der Waals surface area (Å²) in [5, 5.41) is 16.3. The van der Waals surface area contributed by atoms with E-state index in [0.717, 1.165) is 12.8 Å². The lowest BCUT2D eigenvalue weighted by atomic mass is 10.1. The van der Waals surface area contributed by atoms with Gasteiger partial charge in [0.15, 0.2) is 17.0 Å². The minimum absolute atomic E-state index is 0.0579. The zero-order valence-corrected chi connectivity index (χ0v) is 17.1. The SMILES string of the molecule is CCn1cnc2c(NC3CCN(S(=O)[O-])C3)nc(NC(CO)C3CCCO3)nc21. The van der Waals surface area contributed by atoms with Crippen LogP contribution >= 0.6 is 0 Å². The third-order valence-corrected chi connectivity index (χ3v) is 6.19. The Kier molecular flexibility index (Phi) is 6.25. The average Bonchev–Trinajstić information content (AvgIpc) is 3.46. The van der Waals surface area contributed by atoms with Crippen molar-refractivity contribution in [3.05, 3.63) is 6.33 Å². The van der Waals surface area contributed by atoms with Crippen LogP contribution in [0.3, 0.4) is 0 Å². The highest BCUT2D eigenvalue weighted by atomic mass is 32.2. The maximum absolute atomic E-state index is 11.2. The molecule has 3 N–H and O–H groups in total. The van der Waals surface area contributed by atoms with Crippen LogP contribution in [0.15, 0.2) is 6.33 Å². The van der Waals surface area contributed by atoms with Crippen molar-refractivity contribution in [3.8, 4) is 0 Å². The molecule has 0 saturated carbocycles. The van der Waals surface area contributed by atoms with Gasteiger partial charge in [-0.3, -0.25) is 4.21 Å². The summed E-state index contributed by atoms with van der Waals surface area (Å²) in [6.45, 7) is 4.17. The van der Waals surface area contributed by atoms with Crippen LogP contribution in [0.4, 0.5) is 11.8 Å². The fourth-order valence-electron chi connectivity index (χ4n) is 3.86. The molecule has 29 heavy (non-hydrogen) atoms. The van der Waals surface area contributed by atoms with Crippen LogP contribution in [0.2, 0.25) is 0 Å². The molecule has 4 unspecified atom stereocenters. The van der Waals surface area contributed by atoms with Crippen molar-refractivity contribution < 1.29 is 18.6 Å². The summed E-state index contributed by atoms with van der Waals surface area (Å²) < 4.78 is 31.4. The summed E-state index contributed by atoms with van der Waals surface area (Å²) in [5.74, 6) is 0.935. The predicted molar refractivity (Wildman–Crippen MR) is 107 cm³/mol. The molecule has 2 fully saturated rings. The van der Waals surface area contributed by atoms with Crippen molar-refractivity contribution >= 4 is 34.2 Å². The molecule has 12 heteroatoms. The van der Waals surface area contributed by atoms with Gasteiger partial charge < -0.3 is 29.6 Å². The van der Waals surface area contributed by atoms with Crippen molar-refractivity contribution in [2.45, 2.75) is 50.9 Å². The Morgan fingerprint density at radius 3 is 2.97 bits per heavy atom. The van der Waals surface area contributed by atoms with E-state index in [1.165, 1.54) is 4.31 Å². The fourth-order valence-corrected chi connectivity index (χ4v) is 4.41. The molecule has 2 saturated heterocycles. The molecule has 4 atom stereocenters. The van der Waals surface area contributed by atoms with E-state index < -0.39 is 11.3 Å². The Labute approximate surface area is 171 Å². The van der Waals surface area contributed by atoms with E-state index in [2.05, 4.69) is 25.6 Å². The van der Waals surface area contributed by atoms with Gasteiger partial charge in [-0.25, -0.2) is 9.29 Å². The fraction of sp³-hybridized carbons (Fsp3) is 0.706. The summed E-state index contributed by atoms with van der Waals surface area (Å²) in [6, 6.07) is -0.358. The lowest BCUT2D eigenvalue weighted by Gasteiger charge is -2.23. The van der Waals surface area contributed by atoms with Crippen molar-refractivity contribution in [2.24, 2.45) is 0 Å². The molecule has 4 rings (SSSR count). The van der Waals surface area contributed by atoms with Crippen LogP contribution in [0.1, 0.15) is 26.2 Å². The highest BCUT2D eigenvalue weighted by Crippen LogP contribution is 2.25. The van der Waals surface area contributed by atoms with Crippen LogP contribution in [0, 0.1) is 0 Å². The van der Waals surface area contributed by atoms with Crippen LogP contribution in [0.5, 0.6) is 0 Å². The Morgan fingerprint density at radius 2 is 2.31 bits per heavy atom. The van der Waals surface area contributed by atoms with E-state index in [1.54, 1.807) is 6.33 Å². The zero-order chi connectivity index (χ0) is 20.4. The average molecular weight is 425 g/mol. The number of aliphatic hydroxyl groups excluding tert-OH is 1. The van der Waals surface area contributed by atoms with E-state index in [4.69, 9.17) is 4.74 Å². The molecule has 11 nitrogen and oxygen atoms in total. The molecule has 0 aromatic carbocycles. The second-order valence-corrected chi connectivity index (χ2v) is 8.27. The van der Waals surface area contributed by atoms with E-state index in [0.29, 0.717) is 55.6 Å². The molecule has 0 aliphatic carbocycles. The molecule has 0 radical (unpaired) electrons. The second-order valence-electron chi connectivity index (χ2n) is 7.32. The van der Waals surface area contributed by atoms with Gasteiger partial charge in [-0.1, -0.05) is 0 Å². The highest BCUT2D eigenvalue weighted by Gasteiger charge is 2.28. The van der Waals surface area contributed by atoms with Gasteiger partial charge in [0.1, 0.15) is 0 Å². The number of aryl methyl sites for hydroxylation is 1. The summed E-state index contributed by atoms with van der Waals surface area (Å²) in [7, 11) is 0. The topological polar surface area (TPSA) is 140 Å². The smallest absolute Gasteiger partial charge is 0.227 e. The van der Waals surface area contributed by atoms with Gasteiger partial charge in [0.05, 0.1) is 25.1 Å². The van der Waals surface area contributed by atoms with Gasteiger partial charge in [0.25, 0.3) is 0 Å². The monoisotopic (exact) mass is 424 g/mol. The van der Waals surface area contributed by atoms with Crippen LogP contribution in [0.25, 0.3) is 11.2 Å². The summed E-state index contributed by atoms with van der Waals surface area (Å²) in [5.41, 5.74) is 1.32. The number of hydrogen-bond donors (Lipinski definition) is 3. The summed E-state index contributed by atoms with van der Waals surface area (Å²) >= 11 is -2.22. The number of rotatable bonds is 8. The van der Waals surface area contributed by atoms with Gasteiger partial charge in [-0.15, -0.1) is 0 Å². The molecular formula is C17H26N7O4S-. The van der Waals surface area contributed by atoms with Crippen molar-refractivity contribution in [1.29, 1.82) is 0 Å². The number of hydrogen-bond acceptors (Lipinski definition) is 9. The number of fused-ring (bicyclic) bond motifs is 1. The molecule has 0 bridgehead atoms. The van der Waals surface area contributed by atoms with E-state index in [-0.39, 0.29) is 24.8 Å². The standard InChI is InChI=1S/C17H27N7O4S/c1-2-23-10-18-14-15(19-11-5-6-24(8-11)29(26)27)21-17(22-16(14)23)20-12(9-25)13-4-3-7-28-13/h10-13,25H,2-9H2,1H3,(H,26,27)(H2,19,20,21,22)/p-1. The van der Waals surface area contributed by atoms with Gasteiger partial charge >= 0.3 is 0 Å². The molecule has 2 aliphatic heterocycles. The maximum Gasteiger partial charge on any atom is 0.227 e. The zero-order valence-electron chi connectivity index (χ0n) is 16.3. The number of anilines is 2. The Hall–Kier alpha value is -1.86. The number of aromatic nitrogens is 4. The van der Waals surface area contributed by atoms with Crippen molar-refractivity contribution in [2.75, 3.05) is 36.9 Å². The molecule has 2 aromatic heterocycles. The summed E-state index contributed by atoms with van der Waals surface area (Å²) in [4.78, 5) is 13.6. The molecule has 0 spiro atoms. The molecule has 160 valence electrons. The molecule has 2 aromatic rings. The lowest BCUT2D eigenvalue weighted by molar-refractivity contribution is 0.0755.